The zero-order valence-corrected chi connectivity index (χ0v) is 14.5. The van der Waals surface area contributed by atoms with Gasteiger partial charge in [0.25, 0.3) is 5.91 Å². The zero-order chi connectivity index (χ0) is 17.8. The van der Waals surface area contributed by atoms with E-state index in [1.54, 1.807) is 22.1 Å². The Hall–Kier alpha value is -2.89. The van der Waals surface area contributed by atoms with Crippen molar-refractivity contribution in [3.8, 4) is 0 Å². The van der Waals surface area contributed by atoms with Crippen molar-refractivity contribution in [1.82, 2.24) is 14.8 Å². The number of hydrogen-bond donors (Lipinski definition) is 1. The normalized spacial score (nSPS) is 14.3. The molecule has 130 valence electrons. The van der Waals surface area contributed by atoms with Crippen molar-refractivity contribution in [2.24, 2.45) is 0 Å². The number of pyridine rings is 1. The van der Waals surface area contributed by atoms with Gasteiger partial charge in [0.15, 0.2) is 0 Å². The van der Waals surface area contributed by atoms with Crippen molar-refractivity contribution in [3.05, 3.63) is 53.3 Å². The summed E-state index contributed by atoms with van der Waals surface area (Å²) in [5.74, 6) is -0.102. The number of nitrogens with zero attached hydrogens (tertiary/aromatic N) is 3. The molecule has 25 heavy (non-hydrogen) atoms. The molecule has 6 heteroatoms. The van der Waals surface area contributed by atoms with Crippen LogP contribution in [0.4, 0.5) is 11.4 Å². The predicted octanol–water partition coefficient (Wildman–Crippen LogP) is 2.36. The molecule has 1 fully saturated rings. The Morgan fingerprint density at radius 3 is 2.56 bits per heavy atom. The van der Waals surface area contributed by atoms with Crippen LogP contribution in [0.3, 0.4) is 0 Å². The van der Waals surface area contributed by atoms with Crippen LogP contribution in [0.1, 0.15) is 21.6 Å². The quantitative estimate of drug-likeness (QED) is 0.869. The fourth-order valence-electron chi connectivity index (χ4n) is 2.93. The summed E-state index contributed by atoms with van der Waals surface area (Å²) in [6, 6.07) is 9.82. The van der Waals surface area contributed by atoms with Crippen LogP contribution in [0, 0.1) is 13.8 Å². The topological polar surface area (TPSA) is 65.5 Å². The standard InChI is InChI=1S/C19H22N4O2/c1-14-3-4-17(15(2)11-14)21-16-5-6-20-18(12-16)19(25)23-9-7-22(13-24)8-10-23/h3-6,11-13H,7-10H2,1-2H3,(H,20,21). The van der Waals surface area contributed by atoms with Crippen LogP contribution < -0.4 is 5.32 Å². The second kappa shape index (κ2) is 7.34. The third kappa shape index (κ3) is 3.96. The highest BCUT2D eigenvalue weighted by Crippen LogP contribution is 2.22. The molecule has 0 saturated carbocycles. The average Bonchev–Trinajstić information content (AvgIpc) is 2.64. The molecule has 2 amide bonds. The van der Waals surface area contributed by atoms with Gasteiger partial charge in [-0.3, -0.25) is 14.6 Å². The fourth-order valence-corrected chi connectivity index (χ4v) is 2.93. The van der Waals surface area contributed by atoms with Crippen molar-refractivity contribution in [3.63, 3.8) is 0 Å². The molecule has 1 aliphatic rings. The van der Waals surface area contributed by atoms with Crippen molar-refractivity contribution in [1.29, 1.82) is 0 Å². The van der Waals surface area contributed by atoms with Crippen LogP contribution in [0.2, 0.25) is 0 Å². The number of piperazine rings is 1. The Morgan fingerprint density at radius 2 is 1.88 bits per heavy atom. The highest BCUT2D eigenvalue weighted by Gasteiger charge is 2.22. The lowest BCUT2D eigenvalue weighted by Gasteiger charge is -2.32. The number of carbonyl (C=O) groups excluding carboxylic acids is 2. The molecule has 2 aromatic rings. The van der Waals surface area contributed by atoms with Crippen molar-refractivity contribution >= 4 is 23.7 Å². The molecule has 1 N–H and O–H groups in total. The highest BCUT2D eigenvalue weighted by molar-refractivity contribution is 5.93. The number of nitrogens with one attached hydrogen (secondary N) is 1. The van der Waals surface area contributed by atoms with Gasteiger partial charge in [0.2, 0.25) is 6.41 Å². The van der Waals surface area contributed by atoms with Crippen molar-refractivity contribution < 1.29 is 9.59 Å². The summed E-state index contributed by atoms with van der Waals surface area (Å²) in [5, 5.41) is 3.35. The minimum Gasteiger partial charge on any atom is -0.355 e. The number of carbonyl (C=O) groups is 2. The molecular weight excluding hydrogens is 316 g/mol. The van der Waals surface area contributed by atoms with E-state index in [-0.39, 0.29) is 5.91 Å². The van der Waals surface area contributed by atoms with E-state index >= 15 is 0 Å². The number of benzene rings is 1. The van der Waals surface area contributed by atoms with E-state index in [1.165, 1.54) is 5.56 Å². The van der Waals surface area contributed by atoms with Gasteiger partial charge >= 0.3 is 0 Å². The van der Waals surface area contributed by atoms with Crippen molar-refractivity contribution in [2.75, 3.05) is 31.5 Å². The molecule has 0 unspecified atom stereocenters. The minimum atomic E-state index is -0.102. The van der Waals surface area contributed by atoms with Gasteiger partial charge in [0.1, 0.15) is 5.69 Å². The first-order valence-electron chi connectivity index (χ1n) is 8.36. The lowest BCUT2D eigenvalue weighted by molar-refractivity contribution is -0.119. The van der Waals surface area contributed by atoms with Gasteiger partial charge < -0.3 is 15.1 Å². The summed E-state index contributed by atoms with van der Waals surface area (Å²) < 4.78 is 0. The van der Waals surface area contributed by atoms with E-state index in [9.17, 15) is 9.59 Å². The fraction of sp³-hybridized carbons (Fsp3) is 0.316. The molecule has 1 aliphatic heterocycles. The maximum atomic E-state index is 12.6. The maximum Gasteiger partial charge on any atom is 0.272 e. The largest absolute Gasteiger partial charge is 0.355 e. The Labute approximate surface area is 147 Å². The Balaban J connectivity index is 1.73. The number of hydrogen-bond acceptors (Lipinski definition) is 4. The van der Waals surface area contributed by atoms with Crippen LogP contribution in [0.15, 0.2) is 36.5 Å². The lowest BCUT2D eigenvalue weighted by atomic mass is 10.1. The second-order valence-corrected chi connectivity index (χ2v) is 6.31. The molecule has 0 aliphatic carbocycles. The van der Waals surface area contributed by atoms with Crippen LogP contribution in [0.5, 0.6) is 0 Å². The first-order valence-corrected chi connectivity index (χ1v) is 8.36. The number of amides is 2. The third-order valence-corrected chi connectivity index (χ3v) is 4.39. The number of aryl methyl sites for hydroxylation is 2. The van der Waals surface area contributed by atoms with E-state index in [0.29, 0.717) is 31.9 Å². The average molecular weight is 338 g/mol. The summed E-state index contributed by atoms with van der Waals surface area (Å²) in [7, 11) is 0. The molecule has 0 atom stereocenters. The highest BCUT2D eigenvalue weighted by atomic mass is 16.2. The van der Waals surface area contributed by atoms with Crippen LogP contribution in [-0.2, 0) is 4.79 Å². The van der Waals surface area contributed by atoms with E-state index in [2.05, 4.69) is 36.3 Å². The van der Waals surface area contributed by atoms with Crippen LogP contribution >= 0.6 is 0 Å². The van der Waals surface area contributed by atoms with E-state index < -0.39 is 0 Å². The molecule has 0 bridgehead atoms. The van der Waals surface area contributed by atoms with Crippen LogP contribution in [0.25, 0.3) is 0 Å². The molecule has 3 rings (SSSR count). The van der Waals surface area contributed by atoms with E-state index in [4.69, 9.17) is 0 Å². The summed E-state index contributed by atoms with van der Waals surface area (Å²) >= 11 is 0. The van der Waals surface area contributed by atoms with E-state index in [1.807, 2.05) is 12.1 Å². The summed E-state index contributed by atoms with van der Waals surface area (Å²) in [6.45, 7) is 6.31. The smallest absolute Gasteiger partial charge is 0.272 e. The second-order valence-electron chi connectivity index (χ2n) is 6.31. The number of aromatic nitrogens is 1. The Bertz CT molecular complexity index is 783. The summed E-state index contributed by atoms with van der Waals surface area (Å²) in [5.41, 5.74) is 4.61. The monoisotopic (exact) mass is 338 g/mol. The molecule has 1 saturated heterocycles. The maximum absolute atomic E-state index is 12.6. The van der Waals surface area contributed by atoms with Crippen molar-refractivity contribution in [2.45, 2.75) is 13.8 Å². The first kappa shape index (κ1) is 17.0. The van der Waals surface area contributed by atoms with E-state index in [0.717, 1.165) is 23.3 Å². The minimum absolute atomic E-state index is 0.102. The van der Waals surface area contributed by atoms with Gasteiger partial charge in [-0.25, -0.2) is 0 Å². The molecule has 6 nitrogen and oxygen atoms in total. The van der Waals surface area contributed by atoms with Gasteiger partial charge in [0.05, 0.1) is 0 Å². The molecule has 1 aromatic heterocycles. The number of anilines is 2. The SMILES string of the molecule is Cc1ccc(Nc2ccnc(C(=O)N3CCN(C=O)CC3)c2)c(C)c1. The van der Waals surface area contributed by atoms with Gasteiger partial charge in [-0.2, -0.15) is 0 Å². The predicted molar refractivity (Wildman–Crippen MR) is 97.0 cm³/mol. The Kier molecular flexibility index (Phi) is 4.97. The zero-order valence-electron chi connectivity index (χ0n) is 14.5. The first-order chi connectivity index (χ1) is 12.1. The molecule has 2 heterocycles. The Morgan fingerprint density at radius 1 is 1.12 bits per heavy atom. The molecule has 1 aromatic carbocycles. The van der Waals surface area contributed by atoms with Crippen LogP contribution in [-0.4, -0.2) is 53.3 Å². The molecular formula is C19H22N4O2. The summed E-state index contributed by atoms with van der Waals surface area (Å²) in [6.07, 6.45) is 2.47. The molecule has 0 spiro atoms. The number of rotatable bonds is 4. The van der Waals surface area contributed by atoms with Gasteiger partial charge in [-0.15, -0.1) is 0 Å². The third-order valence-electron chi connectivity index (χ3n) is 4.39. The lowest BCUT2D eigenvalue weighted by Crippen LogP contribution is -2.48. The van der Waals surface area contributed by atoms with Gasteiger partial charge in [0, 0.05) is 43.8 Å². The van der Waals surface area contributed by atoms with Gasteiger partial charge in [-0.1, -0.05) is 17.7 Å². The van der Waals surface area contributed by atoms with Gasteiger partial charge in [-0.05, 0) is 37.6 Å². The molecule has 0 radical (unpaired) electrons. The summed E-state index contributed by atoms with van der Waals surface area (Å²) in [4.78, 5) is 31.0.